The van der Waals surface area contributed by atoms with Crippen LogP contribution in [-0.4, -0.2) is 48.7 Å². The average Bonchev–Trinajstić information content (AvgIpc) is 2.90. The van der Waals surface area contributed by atoms with E-state index >= 15 is 0 Å². The van der Waals surface area contributed by atoms with Crippen LogP contribution in [0, 0.1) is 13.8 Å². The van der Waals surface area contributed by atoms with Gasteiger partial charge in [0, 0.05) is 17.0 Å². The first-order valence-corrected chi connectivity index (χ1v) is 14.8. The molecule has 0 aromatic heterocycles. The second kappa shape index (κ2) is 14.1. The van der Waals surface area contributed by atoms with Crippen molar-refractivity contribution in [1.29, 1.82) is 0 Å². The van der Waals surface area contributed by atoms with Gasteiger partial charge in [0.1, 0.15) is 0 Å². The molecule has 0 spiro atoms. The van der Waals surface area contributed by atoms with E-state index in [1.54, 1.807) is 18.7 Å². The molecule has 6 heteroatoms. The van der Waals surface area contributed by atoms with Crippen molar-refractivity contribution in [3.8, 4) is 11.1 Å². The molecule has 0 saturated heterocycles. The van der Waals surface area contributed by atoms with Crippen LogP contribution in [-0.2, 0) is 15.9 Å². The Kier molecular flexibility index (Phi) is 11.2. The van der Waals surface area contributed by atoms with Crippen molar-refractivity contribution in [2.75, 3.05) is 26.0 Å². The summed E-state index contributed by atoms with van der Waals surface area (Å²) in [7, 11) is 0. The van der Waals surface area contributed by atoms with Crippen LogP contribution in [0.4, 0.5) is 0 Å². The first-order valence-electron chi connectivity index (χ1n) is 13.6. The maximum Gasteiger partial charge on any atom is 0.338 e. The lowest BCUT2D eigenvalue weighted by molar-refractivity contribution is -0.00397. The molecule has 0 radical (unpaired) electrons. The normalized spacial score (nSPS) is 13.2. The highest BCUT2D eigenvalue weighted by atomic mass is 32.2. The van der Waals surface area contributed by atoms with E-state index < -0.39 is 6.10 Å². The summed E-state index contributed by atoms with van der Waals surface area (Å²) in [5.74, 6) is -0.305. The van der Waals surface area contributed by atoms with Crippen LogP contribution < -0.4 is 5.32 Å². The Morgan fingerprint density at radius 2 is 1.79 bits per heavy atom. The molecule has 0 heterocycles. The lowest BCUT2D eigenvalue weighted by Gasteiger charge is -2.29. The molecule has 3 aromatic carbocycles. The Morgan fingerprint density at radius 3 is 2.46 bits per heavy atom. The summed E-state index contributed by atoms with van der Waals surface area (Å²) in [4.78, 5) is 13.5. The van der Waals surface area contributed by atoms with Crippen molar-refractivity contribution >= 4 is 17.7 Å². The monoisotopic (exact) mass is 549 g/mol. The van der Waals surface area contributed by atoms with Gasteiger partial charge in [0.2, 0.25) is 0 Å². The number of β-amino-alcohol motifs (C(OH)–C–C–N with tert-alkyl or cyclic N) is 1. The van der Waals surface area contributed by atoms with E-state index in [0.29, 0.717) is 18.7 Å². The van der Waals surface area contributed by atoms with Crippen LogP contribution in [0.5, 0.6) is 0 Å². The van der Waals surface area contributed by atoms with Crippen molar-refractivity contribution in [1.82, 2.24) is 5.32 Å². The number of esters is 1. The van der Waals surface area contributed by atoms with Gasteiger partial charge in [-0.1, -0.05) is 48.5 Å². The number of hydrogen-bond acceptors (Lipinski definition) is 6. The van der Waals surface area contributed by atoms with Gasteiger partial charge >= 0.3 is 5.97 Å². The zero-order valence-electron chi connectivity index (χ0n) is 24.3. The molecular formula is C33H43NO4S. The minimum Gasteiger partial charge on any atom is -0.462 e. The highest BCUT2D eigenvalue weighted by Crippen LogP contribution is 2.31. The maximum absolute atomic E-state index is 12.2. The highest BCUT2D eigenvalue weighted by molar-refractivity contribution is 7.98. The number of aliphatic hydroxyl groups excluding tert-OH is 1. The number of carbonyl (C=O) groups is 1. The molecule has 5 nitrogen and oxygen atoms in total. The van der Waals surface area contributed by atoms with Crippen LogP contribution in [0.25, 0.3) is 11.1 Å². The number of carbonyl (C=O) groups excluding carboxylic acids is 1. The molecule has 0 saturated carbocycles. The number of ether oxygens (including phenoxy) is 2. The van der Waals surface area contributed by atoms with Gasteiger partial charge in [-0.25, -0.2) is 4.79 Å². The zero-order chi connectivity index (χ0) is 28.6. The molecule has 3 rings (SSSR count). The predicted octanol–water partition coefficient (Wildman–Crippen LogP) is 6.92. The fourth-order valence-electron chi connectivity index (χ4n) is 4.80. The molecule has 210 valence electrons. The Balaban J connectivity index is 1.59. The van der Waals surface area contributed by atoms with E-state index in [1.165, 1.54) is 16.0 Å². The number of thioether (sulfide) groups is 1. The number of aliphatic hydroxyl groups is 1. The summed E-state index contributed by atoms with van der Waals surface area (Å²) in [6, 6.07) is 20.5. The van der Waals surface area contributed by atoms with Gasteiger partial charge in [-0.05, 0) is 99.7 Å². The first kappa shape index (κ1) is 30.9. The molecule has 0 aliphatic heterocycles. The van der Waals surface area contributed by atoms with E-state index in [1.807, 2.05) is 50.2 Å². The number of nitrogens with one attached hydrogen (secondary N) is 1. The Bertz CT molecular complexity index is 1260. The second-order valence-corrected chi connectivity index (χ2v) is 11.6. The number of rotatable bonds is 13. The maximum atomic E-state index is 12.2. The molecule has 3 aromatic rings. The van der Waals surface area contributed by atoms with E-state index in [-0.39, 0.29) is 24.2 Å². The van der Waals surface area contributed by atoms with Gasteiger partial charge in [-0.3, -0.25) is 0 Å². The summed E-state index contributed by atoms with van der Waals surface area (Å²) in [5.41, 5.74) is 6.94. The summed E-state index contributed by atoms with van der Waals surface area (Å²) < 4.78 is 11.3. The summed E-state index contributed by atoms with van der Waals surface area (Å²) in [6.07, 6.45) is 2.12. The van der Waals surface area contributed by atoms with Crippen molar-refractivity contribution in [3.05, 3.63) is 88.5 Å². The number of benzene rings is 3. The first-order chi connectivity index (χ1) is 18.5. The lowest BCUT2D eigenvalue weighted by Crippen LogP contribution is -2.46. The minimum atomic E-state index is -0.634. The Labute approximate surface area is 238 Å². The fraction of sp³-hybridized carbons (Fsp3) is 0.424. The molecule has 0 fully saturated rings. The molecule has 2 N–H and O–H groups in total. The van der Waals surface area contributed by atoms with E-state index in [9.17, 15) is 9.90 Å². The Morgan fingerprint density at radius 1 is 1.05 bits per heavy atom. The largest absolute Gasteiger partial charge is 0.462 e. The van der Waals surface area contributed by atoms with Crippen LogP contribution in [0.3, 0.4) is 0 Å². The standard InChI is InChI=1S/C33H43NO4S/c1-8-37-32(36)28-15-14-26(18-22(28)2)30-12-10-9-11-29(30)24(4)38-21-27(35)20-34-33(5,6)19-25-13-16-31(39-7)23(3)17-25/h9-18,24,27,34-35H,8,19-21H2,1-7H3/t24-,27-/m1/s1. The van der Waals surface area contributed by atoms with Gasteiger partial charge in [0.15, 0.2) is 0 Å². The number of aryl methyl sites for hydroxylation is 2. The Hall–Kier alpha value is -2.64. The molecular weight excluding hydrogens is 506 g/mol. The van der Waals surface area contributed by atoms with E-state index in [4.69, 9.17) is 9.47 Å². The molecule has 0 aliphatic rings. The third-order valence-corrected chi connectivity index (χ3v) is 7.79. The molecule has 0 bridgehead atoms. The molecule has 39 heavy (non-hydrogen) atoms. The van der Waals surface area contributed by atoms with Crippen molar-refractivity contribution in [3.63, 3.8) is 0 Å². The fourth-order valence-corrected chi connectivity index (χ4v) is 5.39. The third-order valence-electron chi connectivity index (χ3n) is 6.89. The highest BCUT2D eigenvalue weighted by Gasteiger charge is 2.21. The van der Waals surface area contributed by atoms with Crippen LogP contribution >= 0.6 is 11.8 Å². The quantitative estimate of drug-likeness (QED) is 0.178. The van der Waals surface area contributed by atoms with Crippen LogP contribution in [0.2, 0.25) is 0 Å². The summed E-state index contributed by atoms with van der Waals surface area (Å²) in [6.45, 7) is 13.2. The smallest absolute Gasteiger partial charge is 0.338 e. The molecule has 0 amide bonds. The molecule has 2 atom stereocenters. The van der Waals surface area contributed by atoms with Crippen molar-refractivity contribution < 1.29 is 19.4 Å². The minimum absolute atomic E-state index is 0.167. The van der Waals surface area contributed by atoms with Gasteiger partial charge in [0.25, 0.3) is 0 Å². The molecule has 0 unspecified atom stereocenters. The van der Waals surface area contributed by atoms with Crippen LogP contribution in [0.15, 0.2) is 65.6 Å². The number of hydrogen-bond donors (Lipinski definition) is 2. The predicted molar refractivity (Wildman–Crippen MR) is 162 cm³/mol. The van der Waals surface area contributed by atoms with Crippen molar-refractivity contribution in [2.24, 2.45) is 0 Å². The topological polar surface area (TPSA) is 67.8 Å². The lowest BCUT2D eigenvalue weighted by atomic mass is 9.94. The van der Waals surface area contributed by atoms with Crippen LogP contribution in [0.1, 0.15) is 66.4 Å². The van der Waals surface area contributed by atoms with Crippen molar-refractivity contribution in [2.45, 2.75) is 70.6 Å². The van der Waals surface area contributed by atoms with E-state index in [2.05, 4.69) is 56.6 Å². The summed E-state index contributed by atoms with van der Waals surface area (Å²) >= 11 is 1.77. The second-order valence-electron chi connectivity index (χ2n) is 10.7. The molecule has 0 aliphatic carbocycles. The summed E-state index contributed by atoms with van der Waals surface area (Å²) in [5, 5.41) is 14.2. The third kappa shape index (κ3) is 8.67. The SMILES string of the molecule is CCOC(=O)c1ccc(-c2ccccc2[C@@H](C)OC[C@H](O)CNC(C)(C)Cc2ccc(SC)c(C)c2)cc1C. The van der Waals surface area contributed by atoms with E-state index in [0.717, 1.165) is 28.7 Å². The average molecular weight is 550 g/mol. The van der Waals surface area contributed by atoms with Gasteiger partial charge in [-0.2, -0.15) is 0 Å². The van der Waals surface area contributed by atoms with Gasteiger partial charge in [0.05, 0.1) is 31.0 Å². The van der Waals surface area contributed by atoms with Gasteiger partial charge < -0.3 is 19.9 Å². The zero-order valence-corrected chi connectivity index (χ0v) is 25.2. The van der Waals surface area contributed by atoms with Gasteiger partial charge in [-0.15, -0.1) is 11.8 Å².